The summed E-state index contributed by atoms with van der Waals surface area (Å²) in [4.78, 5) is 4.62. The van der Waals surface area contributed by atoms with E-state index < -0.39 is 0 Å². The number of benzene rings is 2. The highest BCUT2D eigenvalue weighted by atomic mass is 32.1. The van der Waals surface area contributed by atoms with Crippen LogP contribution in [0, 0.1) is 25.2 Å². The Hall–Kier alpha value is -3.30. The third-order valence-corrected chi connectivity index (χ3v) is 5.38. The Morgan fingerprint density at radius 3 is 2.93 bits per heavy atom. The van der Waals surface area contributed by atoms with E-state index in [4.69, 9.17) is 9.47 Å². The molecule has 5 nitrogen and oxygen atoms in total. The van der Waals surface area contributed by atoms with Crippen LogP contribution < -0.4 is 14.8 Å². The molecule has 0 saturated heterocycles. The van der Waals surface area contributed by atoms with Crippen molar-refractivity contribution in [2.45, 2.75) is 13.8 Å². The maximum Gasteiger partial charge on any atom is 0.231 e. The van der Waals surface area contributed by atoms with Crippen molar-refractivity contribution in [3.8, 4) is 28.8 Å². The summed E-state index contributed by atoms with van der Waals surface area (Å²) in [5.41, 5.74) is 5.57. The average Bonchev–Trinajstić information content (AvgIpc) is 3.34. The summed E-state index contributed by atoms with van der Waals surface area (Å²) < 4.78 is 10.8. The Kier molecular flexibility index (Phi) is 4.53. The van der Waals surface area contributed by atoms with Crippen molar-refractivity contribution in [3.05, 3.63) is 64.1 Å². The molecule has 1 aromatic heterocycles. The highest BCUT2D eigenvalue weighted by Crippen LogP contribution is 2.36. The number of allylic oxidation sites excluding steroid dienone is 1. The summed E-state index contributed by atoms with van der Waals surface area (Å²) in [6.45, 7) is 4.36. The Bertz CT molecular complexity index is 1080. The number of ether oxygens (including phenoxy) is 2. The maximum atomic E-state index is 9.56. The minimum absolute atomic E-state index is 0.243. The van der Waals surface area contributed by atoms with E-state index in [9.17, 15) is 5.26 Å². The van der Waals surface area contributed by atoms with Crippen molar-refractivity contribution in [1.29, 1.82) is 5.26 Å². The Balaban J connectivity index is 1.59. The van der Waals surface area contributed by atoms with Crippen LogP contribution in [-0.4, -0.2) is 11.8 Å². The van der Waals surface area contributed by atoms with Crippen LogP contribution in [0.5, 0.6) is 11.5 Å². The molecule has 0 unspecified atom stereocenters. The molecular formula is C21H17N3O2S. The number of rotatable bonds is 4. The van der Waals surface area contributed by atoms with Crippen LogP contribution in [0.4, 0.5) is 5.69 Å². The second-order valence-corrected chi connectivity index (χ2v) is 7.03. The molecule has 27 heavy (non-hydrogen) atoms. The van der Waals surface area contributed by atoms with Gasteiger partial charge in [-0.2, -0.15) is 5.26 Å². The molecule has 2 heterocycles. The zero-order chi connectivity index (χ0) is 18.8. The molecule has 4 rings (SSSR count). The van der Waals surface area contributed by atoms with Crippen LogP contribution in [0.25, 0.3) is 16.8 Å². The Morgan fingerprint density at radius 1 is 1.22 bits per heavy atom. The number of anilines is 1. The number of nitrogens with one attached hydrogen (secondary N) is 1. The normalized spacial score (nSPS) is 12.7. The van der Waals surface area contributed by atoms with Crippen molar-refractivity contribution in [2.75, 3.05) is 12.1 Å². The van der Waals surface area contributed by atoms with Gasteiger partial charge >= 0.3 is 0 Å². The molecule has 3 aromatic rings. The van der Waals surface area contributed by atoms with Gasteiger partial charge in [-0.15, -0.1) is 11.3 Å². The fraction of sp³-hybridized carbons (Fsp3) is 0.143. The lowest BCUT2D eigenvalue weighted by atomic mass is 10.1. The predicted molar refractivity (Wildman–Crippen MR) is 107 cm³/mol. The second kappa shape index (κ2) is 7.14. The molecule has 0 fully saturated rings. The summed E-state index contributed by atoms with van der Waals surface area (Å²) >= 11 is 1.44. The van der Waals surface area contributed by atoms with E-state index in [1.165, 1.54) is 16.9 Å². The molecule has 1 aliphatic heterocycles. The zero-order valence-corrected chi connectivity index (χ0v) is 15.8. The molecule has 6 heteroatoms. The van der Waals surface area contributed by atoms with Crippen molar-refractivity contribution in [1.82, 2.24) is 4.98 Å². The summed E-state index contributed by atoms with van der Waals surface area (Å²) in [5, 5.41) is 15.4. The van der Waals surface area contributed by atoms with Crippen LogP contribution >= 0.6 is 11.3 Å². The van der Waals surface area contributed by atoms with Crippen LogP contribution in [0.1, 0.15) is 16.1 Å². The molecule has 1 N–H and O–H groups in total. The van der Waals surface area contributed by atoms with Crippen LogP contribution in [-0.2, 0) is 0 Å². The third-order valence-electron chi connectivity index (χ3n) is 4.50. The second-order valence-electron chi connectivity index (χ2n) is 6.17. The molecule has 134 valence electrons. The van der Waals surface area contributed by atoms with E-state index in [1.807, 2.05) is 35.7 Å². The first kappa shape index (κ1) is 17.1. The minimum atomic E-state index is 0.243. The van der Waals surface area contributed by atoms with Gasteiger partial charge in [0.15, 0.2) is 11.5 Å². The van der Waals surface area contributed by atoms with Gasteiger partial charge in [0, 0.05) is 22.8 Å². The van der Waals surface area contributed by atoms with E-state index >= 15 is 0 Å². The molecule has 0 bridgehead atoms. The number of hydrogen-bond acceptors (Lipinski definition) is 6. The predicted octanol–water partition coefficient (Wildman–Crippen LogP) is 5.13. The maximum absolute atomic E-state index is 9.56. The highest BCUT2D eigenvalue weighted by molar-refractivity contribution is 7.11. The minimum Gasteiger partial charge on any atom is -0.454 e. The molecule has 0 amide bonds. The molecule has 0 aliphatic carbocycles. The molecule has 0 radical (unpaired) electrons. The Labute approximate surface area is 161 Å². The summed E-state index contributed by atoms with van der Waals surface area (Å²) in [6, 6.07) is 14.0. The third kappa shape index (κ3) is 3.37. The fourth-order valence-electron chi connectivity index (χ4n) is 2.79. The lowest BCUT2D eigenvalue weighted by Gasteiger charge is -2.08. The van der Waals surface area contributed by atoms with E-state index in [0.717, 1.165) is 34.0 Å². The summed E-state index contributed by atoms with van der Waals surface area (Å²) in [5.74, 6) is 1.46. The molecule has 0 spiro atoms. The Morgan fingerprint density at radius 2 is 2.07 bits per heavy atom. The van der Waals surface area contributed by atoms with E-state index in [1.54, 1.807) is 6.20 Å². The van der Waals surface area contributed by atoms with Crippen molar-refractivity contribution in [3.63, 3.8) is 0 Å². The van der Waals surface area contributed by atoms with Crippen molar-refractivity contribution in [2.24, 2.45) is 0 Å². The van der Waals surface area contributed by atoms with Crippen LogP contribution in [0.15, 0.2) is 48.0 Å². The summed E-state index contributed by atoms with van der Waals surface area (Å²) in [6.07, 6.45) is 1.71. The number of fused-ring (bicyclic) bond motifs is 1. The van der Waals surface area contributed by atoms with Crippen LogP contribution in [0.3, 0.4) is 0 Å². The number of nitriles is 1. The lowest BCUT2D eigenvalue weighted by molar-refractivity contribution is 0.174. The first-order chi connectivity index (χ1) is 13.2. The van der Waals surface area contributed by atoms with Crippen molar-refractivity contribution < 1.29 is 9.47 Å². The van der Waals surface area contributed by atoms with Gasteiger partial charge in [0.05, 0.1) is 5.69 Å². The van der Waals surface area contributed by atoms with E-state index in [2.05, 4.69) is 36.3 Å². The number of aromatic nitrogens is 1. The van der Waals surface area contributed by atoms with Gasteiger partial charge in [-0.25, -0.2) is 4.98 Å². The van der Waals surface area contributed by atoms with Crippen molar-refractivity contribution >= 4 is 22.6 Å². The van der Waals surface area contributed by atoms with Gasteiger partial charge in [0.2, 0.25) is 6.79 Å². The molecule has 2 aromatic carbocycles. The topological polar surface area (TPSA) is 67.2 Å². The van der Waals surface area contributed by atoms with Crippen LogP contribution in [0.2, 0.25) is 0 Å². The van der Waals surface area contributed by atoms with E-state index in [0.29, 0.717) is 10.6 Å². The quantitative estimate of drug-likeness (QED) is 0.640. The first-order valence-electron chi connectivity index (χ1n) is 8.44. The molecular weight excluding hydrogens is 358 g/mol. The van der Waals surface area contributed by atoms with E-state index in [-0.39, 0.29) is 6.79 Å². The molecule has 1 aliphatic rings. The number of aryl methyl sites for hydroxylation is 1. The molecule has 0 atom stereocenters. The standard InChI is InChI=1S/C21H17N3O2S/c1-13-4-3-5-17(14(13)2)23-10-16(9-22)21-24-18(11-27-21)15-6-7-19-20(8-15)26-12-25-19/h3-8,10-11,23H,12H2,1-2H3. The number of hydrogen-bond donors (Lipinski definition) is 1. The van der Waals surface area contributed by atoms with Gasteiger partial charge in [0.1, 0.15) is 16.6 Å². The SMILES string of the molecule is Cc1cccc(NC=C(C#N)c2nc(-c3ccc4c(c3)OCO4)cs2)c1C. The van der Waals surface area contributed by atoms with Gasteiger partial charge in [-0.05, 0) is 49.2 Å². The van der Waals surface area contributed by atoms with Gasteiger partial charge < -0.3 is 14.8 Å². The number of thiazole rings is 1. The smallest absolute Gasteiger partial charge is 0.231 e. The first-order valence-corrected chi connectivity index (χ1v) is 9.32. The monoisotopic (exact) mass is 375 g/mol. The van der Waals surface area contributed by atoms with Gasteiger partial charge in [-0.3, -0.25) is 0 Å². The van der Waals surface area contributed by atoms with Gasteiger partial charge in [0.25, 0.3) is 0 Å². The largest absolute Gasteiger partial charge is 0.454 e. The average molecular weight is 375 g/mol. The summed E-state index contributed by atoms with van der Waals surface area (Å²) in [7, 11) is 0. The lowest BCUT2D eigenvalue weighted by Crippen LogP contribution is -1.95. The highest BCUT2D eigenvalue weighted by Gasteiger charge is 2.16. The zero-order valence-electron chi connectivity index (χ0n) is 14.9. The number of nitrogens with zero attached hydrogens (tertiary/aromatic N) is 2. The molecule has 0 saturated carbocycles. The van der Waals surface area contributed by atoms with Gasteiger partial charge in [-0.1, -0.05) is 12.1 Å². The fourth-order valence-corrected chi connectivity index (χ4v) is 3.58.